The molecule has 0 saturated heterocycles. The van der Waals surface area contributed by atoms with Gasteiger partial charge in [-0.25, -0.2) is 9.78 Å². The van der Waals surface area contributed by atoms with Crippen LogP contribution in [-0.2, 0) is 11.8 Å². The van der Waals surface area contributed by atoms with Crippen LogP contribution in [0.4, 0.5) is 0 Å². The van der Waals surface area contributed by atoms with Crippen LogP contribution in [0.3, 0.4) is 0 Å². The Labute approximate surface area is 103 Å². The number of carbonyl (C=O) groups excluding carboxylic acids is 1. The molecule has 0 amide bonds. The Morgan fingerprint density at radius 1 is 1.59 bits per heavy atom. The van der Waals surface area contributed by atoms with Crippen molar-refractivity contribution in [3.8, 4) is 10.7 Å². The lowest BCUT2D eigenvalue weighted by molar-refractivity contribution is 0.0519. The summed E-state index contributed by atoms with van der Waals surface area (Å²) >= 11 is 1.45. The summed E-state index contributed by atoms with van der Waals surface area (Å²) < 4.78 is 6.65. The predicted molar refractivity (Wildman–Crippen MR) is 65.0 cm³/mol. The van der Waals surface area contributed by atoms with E-state index in [-0.39, 0.29) is 5.97 Å². The molecule has 0 spiro atoms. The number of nitrogens with zero attached hydrogens (tertiary/aromatic N) is 3. The van der Waals surface area contributed by atoms with Crippen LogP contribution in [-0.4, -0.2) is 27.3 Å². The normalized spacial score (nSPS) is 10.5. The van der Waals surface area contributed by atoms with E-state index in [9.17, 15) is 4.79 Å². The van der Waals surface area contributed by atoms with Gasteiger partial charge in [0.1, 0.15) is 10.7 Å². The molecule has 0 saturated carbocycles. The van der Waals surface area contributed by atoms with E-state index in [0.717, 1.165) is 15.6 Å². The van der Waals surface area contributed by atoms with Gasteiger partial charge in [-0.3, -0.25) is 4.68 Å². The third-order valence-electron chi connectivity index (χ3n) is 2.20. The topological polar surface area (TPSA) is 57.0 Å². The molecule has 0 unspecified atom stereocenters. The zero-order chi connectivity index (χ0) is 12.4. The van der Waals surface area contributed by atoms with Gasteiger partial charge in [0.2, 0.25) is 0 Å². The molecule has 2 rings (SSSR count). The summed E-state index contributed by atoms with van der Waals surface area (Å²) in [5, 5.41) is 4.99. The Kier molecular flexibility index (Phi) is 3.23. The molecule has 6 heteroatoms. The van der Waals surface area contributed by atoms with Crippen LogP contribution in [0.1, 0.15) is 22.3 Å². The van der Waals surface area contributed by atoms with E-state index in [1.807, 2.05) is 26.2 Å². The summed E-state index contributed by atoms with van der Waals surface area (Å²) in [5.74, 6) is -0.372. The van der Waals surface area contributed by atoms with Crippen LogP contribution >= 0.6 is 11.3 Å². The average Bonchev–Trinajstić information content (AvgIpc) is 2.85. The molecule has 0 N–H and O–H groups in total. The van der Waals surface area contributed by atoms with Crippen molar-refractivity contribution >= 4 is 17.3 Å². The number of carbonyl (C=O) groups is 1. The van der Waals surface area contributed by atoms with Gasteiger partial charge >= 0.3 is 5.97 Å². The standard InChI is InChI=1S/C11H13N3O2S/c1-4-16-11(15)9-7(2)17-10(12-9)8-5-6-14(3)13-8/h5-6H,4H2,1-3H3. The Bertz CT molecular complexity index is 545. The maximum atomic E-state index is 11.6. The molecule has 0 aliphatic heterocycles. The third-order valence-corrected chi connectivity index (χ3v) is 3.19. The zero-order valence-corrected chi connectivity index (χ0v) is 10.7. The molecular formula is C11H13N3O2S. The SMILES string of the molecule is CCOC(=O)c1nc(-c2ccn(C)n2)sc1C. The van der Waals surface area contributed by atoms with Crippen LogP contribution in [0.5, 0.6) is 0 Å². The van der Waals surface area contributed by atoms with Crippen molar-refractivity contribution < 1.29 is 9.53 Å². The van der Waals surface area contributed by atoms with Crippen molar-refractivity contribution in [3.05, 3.63) is 22.8 Å². The first kappa shape index (κ1) is 11.8. The molecule has 5 nitrogen and oxygen atoms in total. The van der Waals surface area contributed by atoms with Gasteiger partial charge in [0.15, 0.2) is 5.69 Å². The molecular weight excluding hydrogens is 238 g/mol. The van der Waals surface area contributed by atoms with Gasteiger partial charge in [0, 0.05) is 18.1 Å². The molecule has 17 heavy (non-hydrogen) atoms. The molecule has 0 aromatic carbocycles. The highest BCUT2D eigenvalue weighted by molar-refractivity contribution is 7.15. The van der Waals surface area contributed by atoms with E-state index in [4.69, 9.17) is 4.74 Å². The number of aromatic nitrogens is 3. The van der Waals surface area contributed by atoms with Crippen molar-refractivity contribution in [1.82, 2.24) is 14.8 Å². The quantitative estimate of drug-likeness (QED) is 0.783. The van der Waals surface area contributed by atoms with Crippen LogP contribution in [0, 0.1) is 6.92 Å². The summed E-state index contributed by atoms with van der Waals surface area (Å²) in [4.78, 5) is 16.7. The molecule has 2 heterocycles. The second kappa shape index (κ2) is 4.67. The van der Waals surface area contributed by atoms with Gasteiger partial charge in [0.05, 0.1) is 6.61 Å². The fourth-order valence-corrected chi connectivity index (χ4v) is 2.29. The van der Waals surface area contributed by atoms with E-state index in [1.165, 1.54) is 11.3 Å². The number of thiazole rings is 1. The van der Waals surface area contributed by atoms with E-state index >= 15 is 0 Å². The molecule has 90 valence electrons. The van der Waals surface area contributed by atoms with Crippen LogP contribution < -0.4 is 0 Å². The highest BCUT2D eigenvalue weighted by Crippen LogP contribution is 2.26. The summed E-state index contributed by atoms with van der Waals surface area (Å²) in [6.07, 6.45) is 1.84. The molecule has 0 bridgehead atoms. The lowest BCUT2D eigenvalue weighted by atomic mass is 10.4. The molecule has 0 atom stereocenters. The van der Waals surface area contributed by atoms with Gasteiger partial charge in [-0.05, 0) is 19.9 Å². The minimum absolute atomic E-state index is 0.356. The smallest absolute Gasteiger partial charge is 0.358 e. The minimum Gasteiger partial charge on any atom is -0.461 e. The number of rotatable bonds is 3. The summed E-state index contributed by atoms with van der Waals surface area (Å²) in [5.41, 5.74) is 1.16. The van der Waals surface area contributed by atoms with Gasteiger partial charge in [-0.15, -0.1) is 11.3 Å². The van der Waals surface area contributed by atoms with Crippen LogP contribution in [0.25, 0.3) is 10.7 Å². The Morgan fingerprint density at radius 2 is 2.35 bits per heavy atom. The van der Waals surface area contributed by atoms with Gasteiger partial charge < -0.3 is 4.74 Å². The van der Waals surface area contributed by atoms with Crippen molar-refractivity contribution in [2.75, 3.05) is 6.61 Å². The second-order valence-corrected chi connectivity index (χ2v) is 4.72. The Balaban J connectivity index is 2.33. The maximum Gasteiger partial charge on any atom is 0.358 e. The first-order chi connectivity index (χ1) is 8.11. The Hall–Kier alpha value is -1.69. The van der Waals surface area contributed by atoms with E-state index in [0.29, 0.717) is 12.3 Å². The van der Waals surface area contributed by atoms with Crippen molar-refractivity contribution in [3.63, 3.8) is 0 Å². The number of ether oxygens (including phenoxy) is 1. The molecule has 0 aliphatic rings. The zero-order valence-electron chi connectivity index (χ0n) is 9.93. The number of esters is 1. The van der Waals surface area contributed by atoms with Gasteiger partial charge in [-0.2, -0.15) is 5.10 Å². The fraction of sp³-hybridized carbons (Fsp3) is 0.364. The average molecular weight is 251 g/mol. The van der Waals surface area contributed by atoms with Crippen LogP contribution in [0.2, 0.25) is 0 Å². The fourth-order valence-electron chi connectivity index (χ4n) is 1.42. The maximum absolute atomic E-state index is 11.6. The first-order valence-corrected chi connectivity index (χ1v) is 6.08. The number of hydrogen-bond acceptors (Lipinski definition) is 5. The summed E-state index contributed by atoms with van der Waals surface area (Å²) in [6.45, 7) is 3.99. The van der Waals surface area contributed by atoms with Crippen LogP contribution in [0.15, 0.2) is 12.3 Å². The largest absolute Gasteiger partial charge is 0.461 e. The molecule has 0 aliphatic carbocycles. The first-order valence-electron chi connectivity index (χ1n) is 5.26. The summed E-state index contributed by atoms with van der Waals surface area (Å²) in [6, 6.07) is 1.87. The van der Waals surface area contributed by atoms with Gasteiger partial charge in [-0.1, -0.05) is 0 Å². The predicted octanol–water partition coefficient (Wildman–Crippen LogP) is 2.03. The van der Waals surface area contributed by atoms with E-state index in [1.54, 1.807) is 11.6 Å². The minimum atomic E-state index is -0.372. The highest BCUT2D eigenvalue weighted by atomic mass is 32.1. The van der Waals surface area contributed by atoms with Crippen molar-refractivity contribution in [1.29, 1.82) is 0 Å². The molecule has 2 aromatic heterocycles. The van der Waals surface area contributed by atoms with Crippen molar-refractivity contribution in [2.24, 2.45) is 7.05 Å². The summed E-state index contributed by atoms with van der Waals surface area (Å²) in [7, 11) is 1.84. The Morgan fingerprint density at radius 3 is 2.94 bits per heavy atom. The third kappa shape index (κ3) is 2.36. The monoisotopic (exact) mass is 251 g/mol. The second-order valence-electron chi connectivity index (χ2n) is 3.52. The highest BCUT2D eigenvalue weighted by Gasteiger charge is 2.18. The molecule has 0 fully saturated rings. The number of aryl methyl sites for hydroxylation is 2. The molecule has 2 aromatic rings. The number of hydrogen-bond donors (Lipinski definition) is 0. The van der Waals surface area contributed by atoms with Gasteiger partial charge in [0.25, 0.3) is 0 Å². The van der Waals surface area contributed by atoms with E-state index in [2.05, 4.69) is 10.1 Å². The van der Waals surface area contributed by atoms with E-state index < -0.39 is 0 Å². The lowest BCUT2D eigenvalue weighted by Crippen LogP contribution is -2.06. The lowest BCUT2D eigenvalue weighted by Gasteiger charge is -1.97. The van der Waals surface area contributed by atoms with Crippen molar-refractivity contribution in [2.45, 2.75) is 13.8 Å². The molecule has 0 radical (unpaired) electrons.